The highest BCUT2D eigenvalue weighted by Gasteiger charge is 2.43. The molecule has 0 amide bonds. The second kappa shape index (κ2) is 7.58. The number of hydrogen-bond donors (Lipinski definition) is 1. The van der Waals surface area contributed by atoms with E-state index in [0.717, 1.165) is 44.0 Å². The first-order valence-electron chi connectivity index (χ1n) is 9.42. The van der Waals surface area contributed by atoms with E-state index < -0.39 is 11.7 Å². The van der Waals surface area contributed by atoms with Crippen LogP contribution < -0.4 is 10.2 Å². The Balaban J connectivity index is 1.44. The van der Waals surface area contributed by atoms with Crippen molar-refractivity contribution in [2.24, 2.45) is 11.8 Å². The van der Waals surface area contributed by atoms with E-state index in [9.17, 15) is 13.2 Å². The van der Waals surface area contributed by atoms with E-state index >= 15 is 0 Å². The number of methoxy groups -OCH3 is 1. The standard InChI is InChI=1S/C20H23F3N4O/c1-28-17-9-14-12-27(19-6-5-15(10-25-19)20(21,22)23)11-13(14)8-16(17)26-18-4-2-3-7-24-18/h2-7,10,13-14,16-17H,8-9,11-12H2,1H3,(H,24,26)/t13-,14+,16-,17-/m1/s1. The number of rotatable bonds is 4. The molecule has 8 heteroatoms. The lowest BCUT2D eigenvalue weighted by atomic mass is 9.77. The normalized spacial score (nSPS) is 27.5. The zero-order valence-electron chi connectivity index (χ0n) is 15.6. The summed E-state index contributed by atoms with van der Waals surface area (Å²) < 4.78 is 44.0. The summed E-state index contributed by atoms with van der Waals surface area (Å²) >= 11 is 0. The predicted octanol–water partition coefficient (Wildman–Crippen LogP) is 3.84. The number of nitrogens with zero attached hydrogens (tertiary/aromatic N) is 3. The van der Waals surface area contributed by atoms with Crippen LogP contribution >= 0.6 is 0 Å². The van der Waals surface area contributed by atoms with E-state index in [2.05, 4.69) is 20.2 Å². The summed E-state index contributed by atoms with van der Waals surface area (Å²) in [6.07, 6.45) is 0.216. The fourth-order valence-corrected chi connectivity index (χ4v) is 4.39. The van der Waals surface area contributed by atoms with E-state index in [1.807, 2.05) is 18.2 Å². The van der Waals surface area contributed by atoms with Crippen LogP contribution in [0.3, 0.4) is 0 Å². The van der Waals surface area contributed by atoms with Gasteiger partial charge in [-0.1, -0.05) is 6.07 Å². The molecule has 0 bridgehead atoms. The van der Waals surface area contributed by atoms with Crippen LogP contribution in [0.5, 0.6) is 0 Å². The summed E-state index contributed by atoms with van der Waals surface area (Å²) in [7, 11) is 1.72. The molecule has 1 N–H and O–H groups in total. The van der Waals surface area contributed by atoms with Gasteiger partial charge < -0.3 is 15.0 Å². The second-order valence-electron chi connectivity index (χ2n) is 7.54. The van der Waals surface area contributed by atoms with E-state index in [-0.39, 0.29) is 12.1 Å². The average Bonchev–Trinajstić information content (AvgIpc) is 3.10. The summed E-state index contributed by atoms with van der Waals surface area (Å²) in [5, 5.41) is 3.48. The first kappa shape index (κ1) is 19.0. The first-order chi connectivity index (χ1) is 13.4. The topological polar surface area (TPSA) is 50.3 Å². The van der Waals surface area contributed by atoms with Crippen molar-refractivity contribution in [3.05, 3.63) is 48.3 Å². The van der Waals surface area contributed by atoms with Gasteiger partial charge in [0.05, 0.1) is 17.7 Å². The van der Waals surface area contributed by atoms with E-state index in [1.165, 1.54) is 6.07 Å². The van der Waals surface area contributed by atoms with Crippen LogP contribution in [0.25, 0.3) is 0 Å². The van der Waals surface area contributed by atoms with Crippen LogP contribution in [-0.4, -0.2) is 42.3 Å². The fraction of sp³-hybridized carbons (Fsp3) is 0.500. The Morgan fingerprint density at radius 3 is 2.46 bits per heavy atom. The van der Waals surface area contributed by atoms with Crippen LogP contribution in [0.2, 0.25) is 0 Å². The minimum atomic E-state index is -4.36. The highest BCUT2D eigenvalue weighted by Crippen LogP contribution is 2.40. The molecule has 4 atom stereocenters. The minimum Gasteiger partial charge on any atom is -0.379 e. The molecule has 1 aliphatic carbocycles. The molecular weight excluding hydrogens is 369 g/mol. The third-order valence-electron chi connectivity index (χ3n) is 5.82. The van der Waals surface area contributed by atoms with Crippen molar-refractivity contribution in [1.82, 2.24) is 9.97 Å². The third-order valence-corrected chi connectivity index (χ3v) is 5.82. The zero-order valence-corrected chi connectivity index (χ0v) is 15.6. The fourth-order valence-electron chi connectivity index (χ4n) is 4.39. The lowest BCUT2D eigenvalue weighted by Crippen LogP contribution is -2.44. The van der Waals surface area contributed by atoms with Crippen LogP contribution in [0.15, 0.2) is 42.7 Å². The Morgan fingerprint density at radius 1 is 1.07 bits per heavy atom. The Morgan fingerprint density at radius 2 is 1.86 bits per heavy atom. The number of hydrogen-bond acceptors (Lipinski definition) is 5. The van der Waals surface area contributed by atoms with Gasteiger partial charge in [-0.05, 0) is 48.9 Å². The molecule has 5 nitrogen and oxygen atoms in total. The molecule has 150 valence electrons. The molecule has 0 aromatic carbocycles. The summed E-state index contributed by atoms with van der Waals surface area (Å²) in [5.74, 6) is 2.31. The molecule has 2 fully saturated rings. The third kappa shape index (κ3) is 3.92. The molecular formula is C20H23F3N4O. The van der Waals surface area contributed by atoms with Crippen molar-refractivity contribution < 1.29 is 17.9 Å². The number of anilines is 2. The van der Waals surface area contributed by atoms with E-state index in [0.29, 0.717) is 17.7 Å². The SMILES string of the molecule is CO[C@@H]1C[C@H]2CN(c3ccc(C(F)(F)F)cn3)C[C@H]2C[C@H]1Nc1ccccn1. The molecule has 2 aromatic heterocycles. The molecule has 28 heavy (non-hydrogen) atoms. The van der Waals surface area contributed by atoms with Crippen molar-refractivity contribution in [1.29, 1.82) is 0 Å². The number of halogens is 3. The molecule has 0 spiro atoms. The van der Waals surface area contributed by atoms with Gasteiger partial charge in [0.15, 0.2) is 0 Å². The maximum Gasteiger partial charge on any atom is 0.417 e. The number of aromatic nitrogens is 2. The second-order valence-corrected chi connectivity index (χ2v) is 7.54. The predicted molar refractivity (Wildman–Crippen MR) is 100 cm³/mol. The smallest absolute Gasteiger partial charge is 0.379 e. The molecule has 1 saturated carbocycles. The Kier molecular flexibility index (Phi) is 5.14. The van der Waals surface area contributed by atoms with Crippen molar-refractivity contribution in [3.63, 3.8) is 0 Å². The largest absolute Gasteiger partial charge is 0.417 e. The van der Waals surface area contributed by atoms with Crippen LogP contribution in [0.4, 0.5) is 24.8 Å². The van der Waals surface area contributed by atoms with Gasteiger partial charge in [0, 0.05) is 32.6 Å². The number of alkyl halides is 3. The number of fused-ring (bicyclic) bond motifs is 1. The average molecular weight is 392 g/mol. The molecule has 2 aromatic rings. The molecule has 0 radical (unpaired) electrons. The van der Waals surface area contributed by atoms with Gasteiger partial charge in [0.2, 0.25) is 0 Å². The Bertz CT molecular complexity index is 784. The highest BCUT2D eigenvalue weighted by atomic mass is 19.4. The molecule has 0 unspecified atom stereocenters. The lowest BCUT2D eigenvalue weighted by molar-refractivity contribution is -0.137. The maximum absolute atomic E-state index is 12.8. The summed E-state index contributed by atoms with van der Waals surface area (Å²) in [6.45, 7) is 1.58. The van der Waals surface area contributed by atoms with Gasteiger partial charge in [0.1, 0.15) is 11.6 Å². The minimum absolute atomic E-state index is 0.0729. The van der Waals surface area contributed by atoms with Crippen molar-refractivity contribution in [3.8, 4) is 0 Å². The van der Waals surface area contributed by atoms with Crippen molar-refractivity contribution >= 4 is 11.6 Å². The maximum atomic E-state index is 12.8. The van der Waals surface area contributed by atoms with E-state index in [4.69, 9.17) is 4.74 Å². The number of pyridine rings is 2. The summed E-state index contributed by atoms with van der Waals surface area (Å²) in [4.78, 5) is 10.5. The zero-order chi connectivity index (χ0) is 19.7. The number of nitrogens with one attached hydrogen (secondary N) is 1. The van der Waals surface area contributed by atoms with Gasteiger partial charge >= 0.3 is 6.18 Å². The van der Waals surface area contributed by atoms with Crippen LogP contribution in [0.1, 0.15) is 18.4 Å². The summed E-state index contributed by atoms with van der Waals surface area (Å²) in [6, 6.07) is 8.48. The quantitative estimate of drug-likeness (QED) is 0.857. The van der Waals surface area contributed by atoms with Gasteiger partial charge in [-0.3, -0.25) is 0 Å². The lowest BCUT2D eigenvalue weighted by Gasteiger charge is -2.37. The molecule has 2 aliphatic rings. The first-order valence-corrected chi connectivity index (χ1v) is 9.42. The molecule has 1 aliphatic heterocycles. The molecule has 1 saturated heterocycles. The van der Waals surface area contributed by atoms with Gasteiger partial charge in [0.25, 0.3) is 0 Å². The van der Waals surface area contributed by atoms with Gasteiger partial charge in [-0.2, -0.15) is 13.2 Å². The van der Waals surface area contributed by atoms with Crippen LogP contribution in [-0.2, 0) is 10.9 Å². The Hall–Kier alpha value is -2.35. The van der Waals surface area contributed by atoms with Crippen molar-refractivity contribution in [2.45, 2.75) is 31.2 Å². The van der Waals surface area contributed by atoms with Gasteiger partial charge in [-0.15, -0.1) is 0 Å². The molecule has 4 rings (SSSR count). The van der Waals surface area contributed by atoms with Gasteiger partial charge in [-0.25, -0.2) is 9.97 Å². The van der Waals surface area contributed by atoms with E-state index in [1.54, 1.807) is 13.3 Å². The number of ether oxygens (including phenoxy) is 1. The van der Waals surface area contributed by atoms with Crippen LogP contribution in [0, 0.1) is 11.8 Å². The Labute approximate surface area is 161 Å². The highest BCUT2D eigenvalue weighted by molar-refractivity contribution is 5.42. The summed E-state index contributed by atoms with van der Waals surface area (Å²) in [5.41, 5.74) is -0.716. The molecule has 3 heterocycles. The van der Waals surface area contributed by atoms with Crippen molar-refractivity contribution in [2.75, 3.05) is 30.4 Å². The monoisotopic (exact) mass is 392 g/mol.